The Morgan fingerprint density at radius 1 is 1.56 bits per heavy atom. The molecule has 1 aliphatic heterocycles. The van der Waals surface area contributed by atoms with E-state index in [4.69, 9.17) is 0 Å². The number of pyridine rings is 1. The molecule has 0 saturated carbocycles. The molecule has 2 rings (SSSR count). The molecule has 0 aromatic carbocycles. The molecule has 0 radical (unpaired) electrons. The molecule has 1 aliphatic rings. The highest BCUT2D eigenvalue weighted by Crippen LogP contribution is 2.26. The molecule has 6 heteroatoms. The third-order valence-corrected chi connectivity index (χ3v) is 4.00. The molecule has 1 aromatic rings. The van der Waals surface area contributed by atoms with Crippen molar-refractivity contribution >= 4 is 17.7 Å². The van der Waals surface area contributed by atoms with Crippen LogP contribution in [0.25, 0.3) is 0 Å². The van der Waals surface area contributed by atoms with Gasteiger partial charge in [0.25, 0.3) is 5.91 Å². The van der Waals surface area contributed by atoms with Crippen molar-refractivity contribution in [2.75, 3.05) is 18.1 Å². The first kappa shape index (κ1) is 13.3. The monoisotopic (exact) mass is 270 g/mol. The van der Waals surface area contributed by atoms with Crippen molar-refractivity contribution < 1.29 is 14.3 Å². The quantitative estimate of drug-likeness (QED) is 0.866. The normalized spacial score (nSPS) is 18.3. The van der Waals surface area contributed by atoms with Gasteiger partial charge in [0.1, 0.15) is 0 Å². The topological polar surface area (TPSA) is 62.2 Å². The minimum absolute atomic E-state index is 0.0428. The highest BCUT2D eigenvalue weighted by atomic mass is 32.2. The molecule has 1 saturated heterocycles. The molecule has 0 atom stereocenters. The van der Waals surface area contributed by atoms with Crippen molar-refractivity contribution in [3.05, 3.63) is 29.8 Å². The van der Waals surface area contributed by atoms with E-state index in [1.807, 2.05) is 0 Å². The molecule has 18 heavy (non-hydrogen) atoms. The molecule has 0 spiro atoms. The molecule has 4 nitrogen and oxygen atoms in total. The third-order valence-electron chi connectivity index (χ3n) is 3.02. The molecule has 0 unspecified atom stereocenters. The molecule has 0 bridgehead atoms. The number of nitrogens with one attached hydrogen (secondary N) is 1. The van der Waals surface area contributed by atoms with Gasteiger partial charge in [-0.2, -0.15) is 11.8 Å². The molecule has 98 valence electrons. The largest absolute Gasteiger partial charge is 0.388 e. The van der Waals surface area contributed by atoms with Gasteiger partial charge in [-0.15, -0.1) is 0 Å². The van der Waals surface area contributed by atoms with Gasteiger partial charge in [0.05, 0.1) is 17.4 Å². The second-order valence-corrected chi connectivity index (χ2v) is 5.60. The Hall–Kier alpha value is -1.14. The van der Waals surface area contributed by atoms with E-state index in [0.717, 1.165) is 17.7 Å². The van der Waals surface area contributed by atoms with Gasteiger partial charge in [0.2, 0.25) is 0 Å². The second kappa shape index (κ2) is 5.67. The maximum Gasteiger partial charge on any atom is 0.254 e. The van der Waals surface area contributed by atoms with Crippen LogP contribution >= 0.6 is 11.8 Å². The highest BCUT2D eigenvalue weighted by molar-refractivity contribution is 7.99. The molecule has 2 heterocycles. The Morgan fingerprint density at radius 2 is 2.28 bits per heavy atom. The number of carbonyl (C=O) groups excluding carboxylic acids is 1. The molecule has 1 aromatic heterocycles. The Labute approximate surface area is 109 Å². The Bertz CT molecular complexity index is 436. The van der Waals surface area contributed by atoms with Gasteiger partial charge in [0, 0.05) is 12.7 Å². The van der Waals surface area contributed by atoms with Gasteiger partial charge in [-0.3, -0.25) is 9.78 Å². The van der Waals surface area contributed by atoms with Gasteiger partial charge in [-0.05, 0) is 30.4 Å². The van der Waals surface area contributed by atoms with E-state index in [2.05, 4.69) is 10.3 Å². The van der Waals surface area contributed by atoms with E-state index in [1.54, 1.807) is 11.8 Å². The first-order chi connectivity index (χ1) is 8.61. The fourth-order valence-corrected chi connectivity index (χ4v) is 3.08. The lowest BCUT2D eigenvalue weighted by Gasteiger charge is -2.31. The summed E-state index contributed by atoms with van der Waals surface area (Å²) in [4.78, 5) is 15.3. The van der Waals surface area contributed by atoms with Crippen molar-refractivity contribution in [2.45, 2.75) is 18.4 Å². The summed E-state index contributed by atoms with van der Waals surface area (Å²) in [6, 6.07) is 1.32. The van der Waals surface area contributed by atoms with Crippen molar-refractivity contribution in [3.8, 4) is 0 Å². The Balaban J connectivity index is 1.94. The first-order valence-corrected chi connectivity index (χ1v) is 6.94. The predicted molar refractivity (Wildman–Crippen MR) is 68.0 cm³/mol. The maximum atomic E-state index is 13.3. The second-order valence-electron chi connectivity index (χ2n) is 4.37. The number of halogens is 1. The fourth-order valence-electron chi connectivity index (χ4n) is 1.83. The number of nitrogens with zero attached hydrogens (tertiary/aromatic N) is 1. The molecular weight excluding hydrogens is 255 g/mol. The van der Waals surface area contributed by atoms with E-state index >= 15 is 0 Å². The number of aromatic nitrogens is 1. The summed E-state index contributed by atoms with van der Waals surface area (Å²) in [5.41, 5.74) is -0.900. The van der Waals surface area contributed by atoms with Gasteiger partial charge < -0.3 is 10.4 Å². The summed E-state index contributed by atoms with van der Waals surface area (Å²) in [5, 5.41) is 12.8. The van der Waals surface area contributed by atoms with E-state index in [-0.39, 0.29) is 12.1 Å². The predicted octanol–water partition coefficient (Wildman–Crippen LogP) is 1.21. The van der Waals surface area contributed by atoms with Crippen LogP contribution in [0.1, 0.15) is 23.2 Å². The number of amides is 1. The van der Waals surface area contributed by atoms with Crippen LogP contribution in [-0.2, 0) is 0 Å². The SMILES string of the molecule is O=C(NCC1(O)CCSCC1)c1ccncc1F. The average molecular weight is 270 g/mol. The first-order valence-electron chi connectivity index (χ1n) is 5.79. The molecule has 1 fully saturated rings. The van der Waals surface area contributed by atoms with Crippen molar-refractivity contribution in [1.82, 2.24) is 10.3 Å². The summed E-state index contributed by atoms with van der Waals surface area (Å²) < 4.78 is 13.3. The smallest absolute Gasteiger partial charge is 0.254 e. The fraction of sp³-hybridized carbons (Fsp3) is 0.500. The lowest BCUT2D eigenvalue weighted by Crippen LogP contribution is -2.45. The van der Waals surface area contributed by atoms with Crippen molar-refractivity contribution in [1.29, 1.82) is 0 Å². The number of carbonyl (C=O) groups is 1. The van der Waals surface area contributed by atoms with Crippen molar-refractivity contribution in [2.24, 2.45) is 0 Å². The van der Waals surface area contributed by atoms with Gasteiger partial charge in [-0.25, -0.2) is 4.39 Å². The molecule has 1 amide bonds. The Morgan fingerprint density at radius 3 is 2.94 bits per heavy atom. The number of hydrogen-bond acceptors (Lipinski definition) is 4. The zero-order valence-electron chi connectivity index (χ0n) is 9.86. The van der Waals surface area contributed by atoms with Gasteiger partial charge >= 0.3 is 0 Å². The van der Waals surface area contributed by atoms with Gasteiger partial charge in [0.15, 0.2) is 5.82 Å². The number of thioether (sulfide) groups is 1. The van der Waals surface area contributed by atoms with Crippen LogP contribution in [-0.4, -0.2) is 39.6 Å². The van der Waals surface area contributed by atoms with Crippen LogP contribution in [0.5, 0.6) is 0 Å². The zero-order valence-corrected chi connectivity index (χ0v) is 10.7. The number of hydrogen-bond donors (Lipinski definition) is 2. The summed E-state index contributed by atoms with van der Waals surface area (Å²) in [7, 11) is 0. The van der Waals surface area contributed by atoms with E-state index in [1.165, 1.54) is 12.3 Å². The molecule has 0 aliphatic carbocycles. The standard InChI is InChI=1S/C12H15FN2O2S/c13-10-7-14-4-1-9(10)11(16)15-8-12(17)2-5-18-6-3-12/h1,4,7,17H,2-3,5-6,8H2,(H,15,16). The van der Waals surface area contributed by atoms with Crippen LogP contribution in [0.2, 0.25) is 0 Å². The minimum Gasteiger partial charge on any atom is -0.388 e. The van der Waals surface area contributed by atoms with Crippen LogP contribution in [0.15, 0.2) is 18.5 Å². The van der Waals surface area contributed by atoms with E-state index in [9.17, 15) is 14.3 Å². The lowest BCUT2D eigenvalue weighted by molar-refractivity contribution is 0.0310. The van der Waals surface area contributed by atoms with Crippen molar-refractivity contribution in [3.63, 3.8) is 0 Å². The minimum atomic E-state index is -0.857. The highest BCUT2D eigenvalue weighted by Gasteiger charge is 2.30. The van der Waals surface area contributed by atoms with E-state index in [0.29, 0.717) is 12.8 Å². The van der Waals surface area contributed by atoms with Crippen LogP contribution in [0.3, 0.4) is 0 Å². The zero-order chi connectivity index (χ0) is 13.0. The average Bonchev–Trinajstić information content (AvgIpc) is 2.38. The lowest BCUT2D eigenvalue weighted by atomic mass is 9.97. The van der Waals surface area contributed by atoms with Crippen LogP contribution in [0, 0.1) is 5.82 Å². The summed E-state index contributed by atoms with van der Waals surface area (Å²) in [5.74, 6) is 0.606. The number of rotatable bonds is 3. The maximum absolute atomic E-state index is 13.3. The third kappa shape index (κ3) is 3.20. The Kier molecular flexibility index (Phi) is 4.19. The van der Waals surface area contributed by atoms with Gasteiger partial charge in [-0.1, -0.05) is 0 Å². The molecule has 2 N–H and O–H groups in total. The summed E-state index contributed by atoms with van der Waals surface area (Å²) >= 11 is 1.79. The number of aliphatic hydroxyl groups is 1. The summed E-state index contributed by atoms with van der Waals surface area (Å²) in [6.45, 7) is 0.161. The van der Waals surface area contributed by atoms with Crippen LogP contribution in [0.4, 0.5) is 4.39 Å². The summed E-state index contributed by atoms with van der Waals surface area (Å²) in [6.07, 6.45) is 3.67. The van der Waals surface area contributed by atoms with E-state index < -0.39 is 17.3 Å². The molecular formula is C12H15FN2O2S. The van der Waals surface area contributed by atoms with Crippen LogP contribution < -0.4 is 5.32 Å².